The summed E-state index contributed by atoms with van der Waals surface area (Å²) in [4.78, 5) is 22.0. The second kappa shape index (κ2) is 6.83. The molecule has 0 bridgehead atoms. The average molecular weight is 285 g/mol. The van der Waals surface area contributed by atoms with Gasteiger partial charge in [0.05, 0.1) is 10.5 Å². The fourth-order valence-corrected chi connectivity index (χ4v) is 1.84. The molecule has 1 unspecified atom stereocenters. The van der Waals surface area contributed by atoms with E-state index in [-0.39, 0.29) is 17.8 Å². The Morgan fingerprint density at radius 1 is 1.47 bits per heavy atom. The second-order valence-corrected chi connectivity index (χ2v) is 5.32. The van der Waals surface area contributed by atoms with E-state index in [1.165, 1.54) is 18.2 Å². The van der Waals surface area contributed by atoms with Crippen LogP contribution in [0.5, 0.6) is 0 Å². The van der Waals surface area contributed by atoms with Crippen LogP contribution in [0, 0.1) is 10.1 Å². The number of anilines is 1. The second-order valence-electron chi connectivity index (χ2n) is 3.77. The SMILES string of the molecule is CNc1ccc([N+](=O)[O-])cc1C(=O)NCCS(C)=O. The monoisotopic (exact) mass is 285 g/mol. The molecule has 0 heterocycles. The summed E-state index contributed by atoms with van der Waals surface area (Å²) in [6.45, 7) is 0.258. The molecule has 8 heteroatoms. The molecular formula is C11H15N3O4S. The van der Waals surface area contributed by atoms with Gasteiger partial charge in [0.15, 0.2) is 0 Å². The summed E-state index contributed by atoms with van der Waals surface area (Å²) < 4.78 is 10.9. The average Bonchev–Trinajstić information content (AvgIpc) is 2.37. The van der Waals surface area contributed by atoms with E-state index in [0.29, 0.717) is 11.4 Å². The predicted molar refractivity (Wildman–Crippen MR) is 73.9 cm³/mol. The lowest BCUT2D eigenvalue weighted by molar-refractivity contribution is -0.384. The highest BCUT2D eigenvalue weighted by Crippen LogP contribution is 2.21. The lowest BCUT2D eigenvalue weighted by atomic mass is 10.1. The maximum Gasteiger partial charge on any atom is 0.270 e. The third-order valence-corrected chi connectivity index (χ3v) is 3.18. The van der Waals surface area contributed by atoms with Gasteiger partial charge >= 0.3 is 0 Å². The summed E-state index contributed by atoms with van der Waals surface area (Å²) in [6, 6.07) is 4.01. The molecule has 2 N–H and O–H groups in total. The number of amides is 1. The number of non-ortho nitro benzene ring substituents is 1. The number of nitrogens with zero attached hydrogens (tertiary/aromatic N) is 1. The Bertz CT molecular complexity index is 519. The van der Waals surface area contributed by atoms with E-state index >= 15 is 0 Å². The lowest BCUT2D eigenvalue weighted by Crippen LogP contribution is -2.28. The van der Waals surface area contributed by atoms with Crippen LogP contribution in [0.1, 0.15) is 10.4 Å². The summed E-state index contributed by atoms with van der Waals surface area (Å²) in [5.74, 6) is -0.0891. The molecule has 0 aliphatic rings. The minimum atomic E-state index is -0.996. The van der Waals surface area contributed by atoms with Gasteiger partial charge in [0, 0.05) is 54.2 Å². The van der Waals surface area contributed by atoms with Crippen LogP contribution in [-0.2, 0) is 10.8 Å². The van der Waals surface area contributed by atoms with Crippen LogP contribution in [0.15, 0.2) is 18.2 Å². The van der Waals surface area contributed by atoms with Crippen molar-refractivity contribution < 1.29 is 13.9 Å². The summed E-state index contributed by atoms with van der Waals surface area (Å²) in [6.07, 6.45) is 1.54. The van der Waals surface area contributed by atoms with Gasteiger partial charge in [-0.3, -0.25) is 19.1 Å². The van der Waals surface area contributed by atoms with E-state index in [2.05, 4.69) is 10.6 Å². The molecule has 0 saturated carbocycles. The normalized spacial score (nSPS) is 11.7. The number of nitrogens with one attached hydrogen (secondary N) is 2. The Morgan fingerprint density at radius 3 is 2.68 bits per heavy atom. The quantitative estimate of drug-likeness (QED) is 0.593. The first kappa shape index (κ1) is 15.1. The van der Waals surface area contributed by atoms with Crippen LogP contribution in [-0.4, -0.2) is 40.6 Å². The van der Waals surface area contributed by atoms with Crippen molar-refractivity contribution in [3.8, 4) is 0 Å². The Labute approximate surface area is 113 Å². The number of carbonyl (C=O) groups excluding carboxylic acids is 1. The predicted octanol–water partition coefficient (Wildman–Crippen LogP) is 0.745. The lowest BCUT2D eigenvalue weighted by Gasteiger charge is -2.09. The number of nitro benzene ring substituents is 1. The third kappa shape index (κ3) is 4.32. The number of rotatable bonds is 6. The largest absolute Gasteiger partial charge is 0.387 e. The van der Waals surface area contributed by atoms with Crippen LogP contribution in [0.4, 0.5) is 11.4 Å². The molecule has 19 heavy (non-hydrogen) atoms. The molecule has 0 aliphatic carbocycles. The first-order valence-electron chi connectivity index (χ1n) is 5.50. The molecule has 1 aromatic rings. The molecule has 7 nitrogen and oxygen atoms in total. The van der Waals surface area contributed by atoms with Crippen LogP contribution >= 0.6 is 0 Å². The van der Waals surface area contributed by atoms with Gasteiger partial charge in [-0.25, -0.2) is 0 Å². The van der Waals surface area contributed by atoms with Crippen molar-refractivity contribution in [2.24, 2.45) is 0 Å². The molecule has 0 spiro atoms. The van der Waals surface area contributed by atoms with Crippen molar-refractivity contribution >= 4 is 28.1 Å². The standard InChI is InChI=1S/C11H15N3O4S/c1-12-10-4-3-8(14(16)17)7-9(10)11(15)13-5-6-19(2)18/h3-4,7,12H,5-6H2,1-2H3,(H,13,15). The fraction of sp³-hybridized carbons (Fsp3) is 0.364. The summed E-state index contributed by atoms with van der Waals surface area (Å²) in [5.41, 5.74) is 0.544. The summed E-state index contributed by atoms with van der Waals surface area (Å²) in [7, 11) is 0.628. The molecule has 0 aliphatic heterocycles. The van der Waals surface area contributed by atoms with E-state index < -0.39 is 21.6 Å². The number of nitro groups is 1. The maximum absolute atomic E-state index is 11.9. The highest BCUT2D eigenvalue weighted by Gasteiger charge is 2.15. The van der Waals surface area contributed by atoms with Gasteiger partial charge in [0.25, 0.3) is 11.6 Å². The molecule has 0 saturated heterocycles. The summed E-state index contributed by atoms with van der Waals surface area (Å²) in [5, 5.41) is 16.1. The Morgan fingerprint density at radius 2 is 2.16 bits per heavy atom. The van der Waals surface area contributed by atoms with Gasteiger partial charge in [-0.05, 0) is 6.07 Å². The third-order valence-electron chi connectivity index (χ3n) is 2.40. The first-order chi connectivity index (χ1) is 8.95. The Kier molecular flexibility index (Phi) is 5.43. The highest BCUT2D eigenvalue weighted by atomic mass is 32.2. The van der Waals surface area contributed by atoms with E-state index in [1.54, 1.807) is 13.3 Å². The molecule has 1 amide bonds. The minimum absolute atomic E-state index is 0.150. The van der Waals surface area contributed by atoms with Gasteiger partial charge in [-0.1, -0.05) is 0 Å². The van der Waals surface area contributed by atoms with Crippen molar-refractivity contribution in [2.75, 3.05) is 30.9 Å². The molecule has 0 radical (unpaired) electrons. The fourth-order valence-electron chi connectivity index (χ4n) is 1.46. The number of hydrogen-bond donors (Lipinski definition) is 2. The molecule has 0 fully saturated rings. The van der Waals surface area contributed by atoms with Gasteiger partial charge < -0.3 is 10.6 Å². The number of hydrogen-bond acceptors (Lipinski definition) is 5. The molecule has 0 aromatic heterocycles. The van der Waals surface area contributed by atoms with E-state index in [9.17, 15) is 19.1 Å². The van der Waals surface area contributed by atoms with Gasteiger partial charge in [-0.2, -0.15) is 0 Å². The highest BCUT2D eigenvalue weighted by molar-refractivity contribution is 7.84. The van der Waals surface area contributed by atoms with Crippen LogP contribution in [0.3, 0.4) is 0 Å². The van der Waals surface area contributed by atoms with Crippen molar-refractivity contribution in [2.45, 2.75) is 0 Å². The zero-order valence-corrected chi connectivity index (χ0v) is 11.5. The van der Waals surface area contributed by atoms with Crippen molar-refractivity contribution in [1.29, 1.82) is 0 Å². The minimum Gasteiger partial charge on any atom is -0.387 e. The number of carbonyl (C=O) groups is 1. The topological polar surface area (TPSA) is 101 Å². The van der Waals surface area contributed by atoms with E-state index in [1.807, 2.05) is 0 Å². The van der Waals surface area contributed by atoms with Crippen molar-refractivity contribution in [1.82, 2.24) is 5.32 Å². The maximum atomic E-state index is 11.9. The zero-order valence-electron chi connectivity index (χ0n) is 10.6. The van der Waals surface area contributed by atoms with E-state index in [4.69, 9.17) is 0 Å². The molecule has 104 valence electrons. The van der Waals surface area contributed by atoms with Crippen LogP contribution in [0.2, 0.25) is 0 Å². The summed E-state index contributed by atoms with van der Waals surface area (Å²) >= 11 is 0. The molecular weight excluding hydrogens is 270 g/mol. The van der Waals surface area contributed by atoms with Crippen molar-refractivity contribution in [3.63, 3.8) is 0 Å². The Balaban J connectivity index is 2.89. The van der Waals surface area contributed by atoms with Gasteiger partial charge in [-0.15, -0.1) is 0 Å². The van der Waals surface area contributed by atoms with E-state index in [0.717, 1.165) is 0 Å². The van der Waals surface area contributed by atoms with Crippen LogP contribution in [0.25, 0.3) is 0 Å². The van der Waals surface area contributed by atoms with Gasteiger partial charge in [0.2, 0.25) is 0 Å². The molecule has 1 rings (SSSR count). The molecule has 1 atom stereocenters. The zero-order chi connectivity index (χ0) is 14.4. The van der Waals surface area contributed by atoms with Crippen LogP contribution < -0.4 is 10.6 Å². The number of benzene rings is 1. The molecule has 1 aromatic carbocycles. The first-order valence-corrected chi connectivity index (χ1v) is 7.23. The van der Waals surface area contributed by atoms with Gasteiger partial charge in [0.1, 0.15) is 0 Å². The Hall–Kier alpha value is -1.96. The van der Waals surface area contributed by atoms with Crippen molar-refractivity contribution in [3.05, 3.63) is 33.9 Å². The smallest absolute Gasteiger partial charge is 0.270 e.